The molecular formula is C12H16N2O2. The number of rotatable bonds is 1. The van der Waals surface area contributed by atoms with Crippen molar-refractivity contribution in [3.8, 4) is 5.75 Å². The minimum Gasteiger partial charge on any atom is -0.490 e. The third-order valence-electron chi connectivity index (χ3n) is 2.61. The number of amides is 1. The summed E-state index contributed by atoms with van der Waals surface area (Å²) >= 11 is 0. The largest absolute Gasteiger partial charge is 0.490 e. The van der Waals surface area contributed by atoms with Crippen LogP contribution in [0.4, 0.5) is 11.4 Å². The summed E-state index contributed by atoms with van der Waals surface area (Å²) in [5, 5.41) is 0. The van der Waals surface area contributed by atoms with E-state index in [1.165, 1.54) is 0 Å². The van der Waals surface area contributed by atoms with E-state index in [0.29, 0.717) is 18.8 Å². The van der Waals surface area contributed by atoms with Crippen molar-refractivity contribution in [1.82, 2.24) is 0 Å². The van der Waals surface area contributed by atoms with Crippen LogP contribution in [0.15, 0.2) is 18.2 Å². The normalized spacial score (nSPS) is 14.6. The third-order valence-corrected chi connectivity index (χ3v) is 2.61. The van der Waals surface area contributed by atoms with E-state index in [-0.39, 0.29) is 11.8 Å². The van der Waals surface area contributed by atoms with Crippen LogP contribution in [0.1, 0.15) is 13.8 Å². The monoisotopic (exact) mass is 220 g/mol. The third kappa shape index (κ3) is 1.83. The molecule has 0 saturated heterocycles. The van der Waals surface area contributed by atoms with Gasteiger partial charge >= 0.3 is 0 Å². The molecule has 4 nitrogen and oxygen atoms in total. The molecule has 16 heavy (non-hydrogen) atoms. The zero-order chi connectivity index (χ0) is 11.7. The van der Waals surface area contributed by atoms with E-state index in [1.54, 1.807) is 17.0 Å². The van der Waals surface area contributed by atoms with Crippen LogP contribution in [0.2, 0.25) is 0 Å². The first-order chi connectivity index (χ1) is 7.59. The van der Waals surface area contributed by atoms with Gasteiger partial charge in [-0.3, -0.25) is 4.79 Å². The molecule has 2 N–H and O–H groups in total. The smallest absolute Gasteiger partial charge is 0.229 e. The highest BCUT2D eigenvalue weighted by Crippen LogP contribution is 2.33. The summed E-state index contributed by atoms with van der Waals surface area (Å²) < 4.78 is 5.49. The van der Waals surface area contributed by atoms with Gasteiger partial charge in [-0.1, -0.05) is 13.8 Å². The molecule has 0 aliphatic carbocycles. The lowest BCUT2D eigenvalue weighted by molar-refractivity contribution is -0.121. The van der Waals surface area contributed by atoms with Crippen molar-refractivity contribution >= 4 is 17.3 Å². The number of nitrogen functional groups attached to an aromatic ring is 1. The Morgan fingerprint density at radius 2 is 2.25 bits per heavy atom. The molecule has 2 rings (SSSR count). The van der Waals surface area contributed by atoms with Crippen molar-refractivity contribution < 1.29 is 9.53 Å². The van der Waals surface area contributed by atoms with Crippen molar-refractivity contribution in [2.24, 2.45) is 5.92 Å². The Labute approximate surface area is 95.0 Å². The van der Waals surface area contributed by atoms with E-state index < -0.39 is 0 Å². The lowest BCUT2D eigenvalue weighted by atomic mass is 10.1. The van der Waals surface area contributed by atoms with Gasteiger partial charge in [0.25, 0.3) is 0 Å². The van der Waals surface area contributed by atoms with Gasteiger partial charge in [0.1, 0.15) is 12.4 Å². The van der Waals surface area contributed by atoms with Gasteiger partial charge in [-0.25, -0.2) is 0 Å². The molecule has 1 aliphatic heterocycles. The lowest BCUT2D eigenvalue weighted by Crippen LogP contribution is -2.40. The number of nitrogens with two attached hydrogens (primary N) is 1. The van der Waals surface area contributed by atoms with Gasteiger partial charge in [-0.2, -0.15) is 0 Å². The first-order valence-corrected chi connectivity index (χ1v) is 5.43. The van der Waals surface area contributed by atoms with Crippen LogP contribution < -0.4 is 15.4 Å². The molecule has 0 atom stereocenters. The quantitative estimate of drug-likeness (QED) is 0.732. The first kappa shape index (κ1) is 10.8. The SMILES string of the molecule is CC(C)C(=O)N1CCOc2ccc(N)cc21. The van der Waals surface area contributed by atoms with Gasteiger partial charge in [0.05, 0.1) is 12.2 Å². The average molecular weight is 220 g/mol. The van der Waals surface area contributed by atoms with Gasteiger partial charge in [-0.15, -0.1) is 0 Å². The van der Waals surface area contributed by atoms with Crippen molar-refractivity contribution in [2.45, 2.75) is 13.8 Å². The summed E-state index contributed by atoms with van der Waals surface area (Å²) in [5.41, 5.74) is 7.15. The van der Waals surface area contributed by atoms with Crippen LogP contribution in [-0.2, 0) is 4.79 Å². The summed E-state index contributed by atoms with van der Waals surface area (Å²) in [6.45, 7) is 4.91. The van der Waals surface area contributed by atoms with Gasteiger partial charge in [0.15, 0.2) is 0 Å². The molecule has 0 fully saturated rings. The Balaban J connectivity index is 2.39. The standard InChI is InChI=1S/C12H16N2O2/c1-8(2)12(15)14-5-6-16-11-4-3-9(13)7-10(11)14/h3-4,7-8H,5-6,13H2,1-2H3. The Hall–Kier alpha value is -1.71. The minimum atomic E-state index is -0.0209. The second-order valence-electron chi connectivity index (χ2n) is 4.22. The predicted molar refractivity (Wildman–Crippen MR) is 63.5 cm³/mol. The molecule has 4 heteroatoms. The molecule has 0 saturated carbocycles. The van der Waals surface area contributed by atoms with Crippen molar-refractivity contribution in [2.75, 3.05) is 23.8 Å². The molecule has 0 aromatic heterocycles. The summed E-state index contributed by atoms with van der Waals surface area (Å²) in [7, 11) is 0. The number of carbonyl (C=O) groups is 1. The van der Waals surface area contributed by atoms with E-state index in [1.807, 2.05) is 19.9 Å². The van der Waals surface area contributed by atoms with E-state index in [2.05, 4.69) is 0 Å². The highest BCUT2D eigenvalue weighted by Gasteiger charge is 2.25. The lowest BCUT2D eigenvalue weighted by Gasteiger charge is -2.30. The zero-order valence-electron chi connectivity index (χ0n) is 9.56. The highest BCUT2D eigenvalue weighted by atomic mass is 16.5. The van der Waals surface area contributed by atoms with Crippen LogP contribution in [-0.4, -0.2) is 19.1 Å². The Morgan fingerprint density at radius 1 is 1.50 bits per heavy atom. The summed E-state index contributed by atoms with van der Waals surface area (Å²) in [4.78, 5) is 13.8. The van der Waals surface area contributed by atoms with Crippen LogP contribution in [0.25, 0.3) is 0 Å². The molecule has 1 aliphatic rings. The highest BCUT2D eigenvalue weighted by molar-refractivity contribution is 5.97. The maximum atomic E-state index is 12.0. The van der Waals surface area contributed by atoms with Crippen molar-refractivity contribution in [3.63, 3.8) is 0 Å². The van der Waals surface area contributed by atoms with Gasteiger partial charge in [-0.05, 0) is 18.2 Å². The fourth-order valence-electron chi connectivity index (χ4n) is 1.78. The summed E-state index contributed by atoms with van der Waals surface area (Å²) in [6, 6.07) is 5.38. The van der Waals surface area contributed by atoms with Crippen molar-refractivity contribution in [1.29, 1.82) is 0 Å². The second-order valence-corrected chi connectivity index (χ2v) is 4.22. The molecular weight excluding hydrogens is 204 g/mol. The fourth-order valence-corrected chi connectivity index (χ4v) is 1.78. The zero-order valence-corrected chi connectivity index (χ0v) is 9.56. The Kier molecular flexibility index (Phi) is 2.73. The second kappa shape index (κ2) is 4.04. The number of anilines is 2. The number of benzene rings is 1. The maximum absolute atomic E-state index is 12.0. The first-order valence-electron chi connectivity index (χ1n) is 5.43. The van der Waals surface area contributed by atoms with E-state index >= 15 is 0 Å². The molecule has 0 radical (unpaired) electrons. The van der Waals surface area contributed by atoms with Gasteiger partial charge in [0, 0.05) is 11.6 Å². The molecule has 0 unspecified atom stereocenters. The average Bonchev–Trinajstić information content (AvgIpc) is 2.27. The number of fused-ring (bicyclic) bond motifs is 1. The molecule has 1 amide bonds. The number of nitrogens with zero attached hydrogens (tertiary/aromatic N) is 1. The van der Waals surface area contributed by atoms with Gasteiger partial charge in [0.2, 0.25) is 5.91 Å². The number of hydrogen-bond donors (Lipinski definition) is 1. The van der Waals surface area contributed by atoms with E-state index in [9.17, 15) is 4.79 Å². The molecule has 86 valence electrons. The van der Waals surface area contributed by atoms with Crippen LogP contribution in [0, 0.1) is 5.92 Å². The molecule has 1 aromatic rings. The molecule has 0 spiro atoms. The van der Waals surface area contributed by atoms with Crippen LogP contribution >= 0.6 is 0 Å². The number of carbonyl (C=O) groups excluding carboxylic acids is 1. The van der Waals surface area contributed by atoms with E-state index in [4.69, 9.17) is 10.5 Å². The summed E-state index contributed by atoms with van der Waals surface area (Å²) in [6.07, 6.45) is 0. The fraction of sp³-hybridized carbons (Fsp3) is 0.417. The number of hydrogen-bond acceptors (Lipinski definition) is 3. The Bertz CT molecular complexity index is 415. The minimum absolute atomic E-state index is 0.0209. The Morgan fingerprint density at radius 3 is 2.94 bits per heavy atom. The summed E-state index contributed by atoms with van der Waals surface area (Å²) in [5.74, 6) is 0.817. The van der Waals surface area contributed by atoms with Crippen LogP contribution in [0.5, 0.6) is 5.75 Å². The van der Waals surface area contributed by atoms with Crippen molar-refractivity contribution in [3.05, 3.63) is 18.2 Å². The van der Waals surface area contributed by atoms with Crippen LogP contribution in [0.3, 0.4) is 0 Å². The molecule has 1 heterocycles. The predicted octanol–water partition coefficient (Wildman–Crippen LogP) is 1.65. The van der Waals surface area contributed by atoms with Gasteiger partial charge < -0.3 is 15.4 Å². The maximum Gasteiger partial charge on any atom is 0.229 e. The topological polar surface area (TPSA) is 55.6 Å². The molecule has 0 bridgehead atoms. The number of ether oxygens (including phenoxy) is 1. The van der Waals surface area contributed by atoms with E-state index in [0.717, 1.165) is 11.4 Å². The molecule has 1 aromatic carbocycles.